The summed E-state index contributed by atoms with van der Waals surface area (Å²) in [6.45, 7) is 0.627. The summed E-state index contributed by atoms with van der Waals surface area (Å²) in [7, 11) is 3.66. The third-order valence-corrected chi connectivity index (χ3v) is 6.17. The highest BCUT2D eigenvalue weighted by Crippen LogP contribution is 2.38. The van der Waals surface area contributed by atoms with Crippen molar-refractivity contribution in [3.05, 3.63) is 44.8 Å². The summed E-state index contributed by atoms with van der Waals surface area (Å²) in [5.41, 5.74) is 0. The zero-order valence-corrected chi connectivity index (χ0v) is 14.9. The zero-order chi connectivity index (χ0) is 16.4. The monoisotopic (exact) mass is 348 g/mol. The number of thiophene rings is 2. The summed E-state index contributed by atoms with van der Waals surface area (Å²) in [5, 5.41) is 4.02. The van der Waals surface area contributed by atoms with Crippen LogP contribution in [0.4, 0.5) is 0 Å². The second-order valence-corrected chi connectivity index (χ2v) is 7.90. The van der Waals surface area contributed by atoms with Gasteiger partial charge in [0.1, 0.15) is 0 Å². The Bertz CT molecular complexity index is 667. The van der Waals surface area contributed by atoms with Crippen molar-refractivity contribution in [2.24, 2.45) is 5.92 Å². The predicted molar refractivity (Wildman–Crippen MR) is 93.3 cm³/mol. The van der Waals surface area contributed by atoms with Crippen LogP contribution >= 0.6 is 22.7 Å². The van der Waals surface area contributed by atoms with Crippen LogP contribution in [0.2, 0.25) is 0 Å². The van der Waals surface area contributed by atoms with Gasteiger partial charge in [-0.3, -0.25) is 9.59 Å². The number of carbonyl (C=O) groups excluding carboxylic acids is 2. The van der Waals surface area contributed by atoms with E-state index in [9.17, 15) is 9.59 Å². The van der Waals surface area contributed by atoms with Crippen molar-refractivity contribution >= 4 is 34.5 Å². The molecule has 122 valence electrons. The molecule has 0 saturated carbocycles. The molecule has 2 aromatic heterocycles. The van der Waals surface area contributed by atoms with E-state index in [1.807, 2.05) is 49.1 Å². The lowest BCUT2D eigenvalue weighted by atomic mass is 9.87. The third kappa shape index (κ3) is 3.33. The number of piperidine rings is 1. The van der Waals surface area contributed by atoms with Gasteiger partial charge in [-0.2, -0.15) is 0 Å². The number of amides is 2. The molecule has 0 spiro atoms. The molecule has 0 N–H and O–H groups in total. The average molecular weight is 348 g/mol. The molecule has 3 heterocycles. The number of hydrogen-bond acceptors (Lipinski definition) is 4. The molecule has 1 aliphatic rings. The van der Waals surface area contributed by atoms with Gasteiger partial charge in [-0.25, -0.2) is 0 Å². The van der Waals surface area contributed by atoms with Crippen molar-refractivity contribution in [2.75, 3.05) is 14.1 Å². The maximum Gasteiger partial charge on any atom is 0.228 e. The van der Waals surface area contributed by atoms with Gasteiger partial charge in [0, 0.05) is 30.3 Å². The van der Waals surface area contributed by atoms with Crippen LogP contribution in [-0.4, -0.2) is 35.7 Å². The lowest BCUT2D eigenvalue weighted by molar-refractivity contribution is -0.146. The van der Waals surface area contributed by atoms with Gasteiger partial charge in [-0.1, -0.05) is 12.1 Å². The molecule has 23 heavy (non-hydrogen) atoms. The SMILES string of the molecule is CN(Cc1cccs1)C(=O)C1CCC(=O)N(C)C1c1cccs1. The molecule has 2 aromatic rings. The normalized spacial score (nSPS) is 21.5. The molecule has 2 unspecified atom stereocenters. The van der Waals surface area contributed by atoms with Crippen LogP contribution in [0.5, 0.6) is 0 Å². The Morgan fingerprint density at radius 1 is 1.30 bits per heavy atom. The zero-order valence-electron chi connectivity index (χ0n) is 13.3. The summed E-state index contributed by atoms with van der Waals surface area (Å²) < 4.78 is 0. The first-order valence-electron chi connectivity index (χ1n) is 7.64. The predicted octanol–water partition coefficient (Wildman–Crippen LogP) is 3.38. The second kappa shape index (κ2) is 6.84. The van der Waals surface area contributed by atoms with Crippen LogP contribution < -0.4 is 0 Å². The largest absolute Gasteiger partial charge is 0.340 e. The van der Waals surface area contributed by atoms with Crippen LogP contribution in [0.15, 0.2) is 35.0 Å². The molecule has 0 aromatic carbocycles. The van der Waals surface area contributed by atoms with E-state index < -0.39 is 0 Å². The first kappa shape index (κ1) is 16.2. The van der Waals surface area contributed by atoms with E-state index in [0.29, 0.717) is 19.4 Å². The van der Waals surface area contributed by atoms with Crippen molar-refractivity contribution < 1.29 is 9.59 Å². The molecule has 2 atom stereocenters. The third-order valence-electron chi connectivity index (χ3n) is 4.36. The van der Waals surface area contributed by atoms with Gasteiger partial charge >= 0.3 is 0 Å². The number of likely N-dealkylation sites (tertiary alicyclic amines) is 1. The fraction of sp³-hybridized carbons (Fsp3) is 0.412. The highest BCUT2D eigenvalue weighted by Gasteiger charge is 2.40. The first-order valence-corrected chi connectivity index (χ1v) is 9.40. The first-order chi connectivity index (χ1) is 11.1. The molecule has 0 bridgehead atoms. The van der Waals surface area contributed by atoms with Gasteiger partial charge in [0.2, 0.25) is 11.8 Å². The van der Waals surface area contributed by atoms with Crippen molar-refractivity contribution in [3.8, 4) is 0 Å². The molecule has 2 amide bonds. The molecule has 1 fully saturated rings. The van der Waals surface area contributed by atoms with Gasteiger partial charge in [0.25, 0.3) is 0 Å². The number of carbonyl (C=O) groups is 2. The van der Waals surface area contributed by atoms with Crippen molar-refractivity contribution in [3.63, 3.8) is 0 Å². The van der Waals surface area contributed by atoms with Gasteiger partial charge in [-0.05, 0) is 29.3 Å². The minimum atomic E-state index is -0.165. The second-order valence-electron chi connectivity index (χ2n) is 5.88. The molecule has 4 nitrogen and oxygen atoms in total. The smallest absolute Gasteiger partial charge is 0.228 e. The van der Waals surface area contributed by atoms with Crippen LogP contribution in [0.1, 0.15) is 28.6 Å². The average Bonchev–Trinajstić information content (AvgIpc) is 3.22. The lowest BCUT2D eigenvalue weighted by Crippen LogP contribution is -2.46. The Balaban J connectivity index is 1.80. The summed E-state index contributed by atoms with van der Waals surface area (Å²) in [5.74, 6) is 0.0748. The number of rotatable bonds is 4. The molecule has 1 saturated heterocycles. The van der Waals surface area contributed by atoms with Crippen molar-refractivity contribution in [1.29, 1.82) is 0 Å². The summed E-state index contributed by atoms with van der Waals surface area (Å²) in [6, 6.07) is 7.89. The highest BCUT2D eigenvalue weighted by atomic mass is 32.1. The summed E-state index contributed by atoms with van der Waals surface area (Å²) in [4.78, 5) is 30.9. The molecule has 3 rings (SSSR count). The maximum absolute atomic E-state index is 13.0. The van der Waals surface area contributed by atoms with E-state index in [1.54, 1.807) is 32.5 Å². The van der Waals surface area contributed by atoms with Gasteiger partial charge in [-0.15, -0.1) is 22.7 Å². The van der Waals surface area contributed by atoms with Gasteiger partial charge in [0.05, 0.1) is 18.5 Å². The van der Waals surface area contributed by atoms with E-state index in [0.717, 1.165) is 4.88 Å². The molecule has 0 aliphatic carbocycles. The highest BCUT2D eigenvalue weighted by molar-refractivity contribution is 7.10. The van der Waals surface area contributed by atoms with Crippen LogP contribution in [0, 0.1) is 5.92 Å². The fourth-order valence-corrected chi connectivity index (χ4v) is 4.83. The van der Waals surface area contributed by atoms with Gasteiger partial charge < -0.3 is 9.80 Å². The van der Waals surface area contributed by atoms with E-state index in [-0.39, 0.29) is 23.8 Å². The number of hydrogen-bond donors (Lipinski definition) is 0. The number of nitrogens with zero attached hydrogens (tertiary/aromatic N) is 2. The van der Waals surface area contributed by atoms with E-state index >= 15 is 0 Å². The lowest BCUT2D eigenvalue weighted by Gasteiger charge is -2.39. The van der Waals surface area contributed by atoms with Gasteiger partial charge in [0.15, 0.2) is 0 Å². The summed E-state index contributed by atoms with van der Waals surface area (Å²) >= 11 is 3.27. The Labute approximate surface area is 144 Å². The molecule has 6 heteroatoms. The van der Waals surface area contributed by atoms with Crippen LogP contribution in [0.3, 0.4) is 0 Å². The fourth-order valence-electron chi connectivity index (χ4n) is 3.14. The minimum Gasteiger partial charge on any atom is -0.340 e. The minimum absolute atomic E-state index is 0.119. The Morgan fingerprint density at radius 3 is 2.70 bits per heavy atom. The van der Waals surface area contributed by atoms with E-state index in [4.69, 9.17) is 0 Å². The van der Waals surface area contributed by atoms with Crippen molar-refractivity contribution in [1.82, 2.24) is 9.80 Å². The Morgan fingerprint density at radius 2 is 2.04 bits per heavy atom. The standard InChI is InChI=1S/C17H20N2O2S2/c1-18(11-12-5-3-9-22-12)17(21)13-7-8-15(20)19(2)16(13)14-6-4-10-23-14/h3-6,9-10,13,16H,7-8,11H2,1-2H3. The maximum atomic E-state index is 13.0. The van der Waals surface area contributed by atoms with E-state index in [2.05, 4.69) is 0 Å². The van der Waals surface area contributed by atoms with Crippen molar-refractivity contribution in [2.45, 2.75) is 25.4 Å². The molecule has 0 radical (unpaired) electrons. The Hall–Kier alpha value is -1.66. The molecule has 1 aliphatic heterocycles. The molecular formula is C17H20N2O2S2. The Kier molecular flexibility index (Phi) is 4.82. The topological polar surface area (TPSA) is 40.6 Å². The summed E-state index contributed by atoms with van der Waals surface area (Å²) in [6.07, 6.45) is 1.07. The van der Waals surface area contributed by atoms with Crippen LogP contribution in [0.25, 0.3) is 0 Å². The quantitative estimate of drug-likeness (QED) is 0.850. The van der Waals surface area contributed by atoms with E-state index in [1.165, 1.54) is 4.88 Å². The molecular weight excluding hydrogens is 328 g/mol. The van der Waals surface area contributed by atoms with Crippen LogP contribution in [-0.2, 0) is 16.1 Å².